The van der Waals surface area contributed by atoms with Crippen molar-refractivity contribution < 1.29 is 9.18 Å². The van der Waals surface area contributed by atoms with Crippen LogP contribution in [0, 0.1) is 5.82 Å². The number of amides is 1. The van der Waals surface area contributed by atoms with Gasteiger partial charge >= 0.3 is 0 Å². The highest BCUT2D eigenvalue weighted by atomic mass is 32.2. The molecule has 9 heteroatoms. The number of carbonyl (C=O) groups excluding carboxylic acids is 1. The number of hydrogen-bond acceptors (Lipinski definition) is 6. The number of hydrogen-bond donors (Lipinski definition) is 1. The molecular formula is C18H13FN6OS. The predicted octanol–water partition coefficient (Wildman–Crippen LogP) is 3.06. The van der Waals surface area contributed by atoms with Crippen molar-refractivity contribution in [2.45, 2.75) is 5.16 Å². The second kappa shape index (κ2) is 7.50. The number of benzene rings is 1. The predicted molar refractivity (Wildman–Crippen MR) is 99.8 cm³/mol. The standard InChI is InChI=1S/C18H13FN6OS/c19-13-2-1-3-14(10-13)21-17(26)11-27-18-23-22-16-5-4-15(24-25(16)18)12-6-8-20-9-7-12/h1-10H,11H2,(H,21,26). The summed E-state index contributed by atoms with van der Waals surface area (Å²) < 4.78 is 14.8. The zero-order valence-corrected chi connectivity index (χ0v) is 14.7. The normalized spacial score (nSPS) is 10.9. The van der Waals surface area contributed by atoms with E-state index in [1.165, 1.54) is 30.0 Å². The zero-order chi connectivity index (χ0) is 18.6. The maximum Gasteiger partial charge on any atom is 0.234 e. The lowest BCUT2D eigenvalue weighted by atomic mass is 10.2. The number of nitrogens with zero attached hydrogens (tertiary/aromatic N) is 5. The molecule has 3 heterocycles. The summed E-state index contributed by atoms with van der Waals surface area (Å²) in [4.78, 5) is 16.1. The number of carbonyl (C=O) groups is 1. The SMILES string of the molecule is O=C(CSc1nnc2ccc(-c3ccncc3)nn12)Nc1cccc(F)c1. The van der Waals surface area contributed by atoms with Crippen LogP contribution in [0.3, 0.4) is 0 Å². The molecule has 0 aliphatic rings. The van der Waals surface area contributed by atoms with Gasteiger partial charge in [-0.1, -0.05) is 17.8 Å². The van der Waals surface area contributed by atoms with Crippen molar-refractivity contribution in [2.75, 3.05) is 11.1 Å². The van der Waals surface area contributed by atoms with E-state index < -0.39 is 5.82 Å². The molecule has 0 aliphatic carbocycles. The van der Waals surface area contributed by atoms with Crippen molar-refractivity contribution in [3.63, 3.8) is 0 Å². The Bertz CT molecular complexity index is 1100. The number of rotatable bonds is 5. The second-order valence-corrected chi connectivity index (χ2v) is 6.50. The van der Waals surface area contributed by atoms with Crippen LogP contribution >= 0.6 is 11.8 Å². The molecule has 0 spiro atoms. The number of pyridine rings is 1. The van der Waals surface area contributed by atoms with Gasteiger partial charge < -0.3 is 5.32 Å². The van der Waals surface area contributed by atoms with Gasteiger partial charge in [0.15, 0.2) is 5.65 Å². The minimum absolute atomic E-state index is 0.0957. The summed E-state index contributed by atoms with van der Waals surface area (Å²) in [7, 11) is 0. The third-order valence-corrected chi connectivity index (χ3v) is 4.57. The highest BCUT2D eigenvalue weighted by molar-refractivity contribution is 7.99. The molecule has 0 radical (unpaired) electrons. The lowest BCUT2D eigenvalue weighted by molar-refractivity contribution is -0.113. The highest BCUT2D eigenvalue weighted by Crippen LogP contribution is 2.20. The quantitative estimate of drug-likeness (QED) is 0.536. The van der Waals surface area contributed by atoms with Gasteiger partial charge in [-0.3, -0.25) is 9.78 Å². The largest absolute Gasteiger partial charge is 0.325 e. The molecule has 134 valence electrons. The number of nitrogens with one attached hydrogen (secondary N) is 1. The Balaban J connectivity index is 1.49. The van der Waals surface area contributed by atoms with Crippen LogP contribution in [-0.4, -0.2) is 36.5 Å². The van der Waals surface area contributed by atoms with Gasteiger partial charge in [0, 0.05) is 23.6 Å². The molecule has 7 nitrogen and oxygen atoms in total. The molecule has 0 bridgehead atoms. The van der Waals surface area contributed by atoms with Crippen LogP contribution in [0.5, 0.6) is 0 Å². The fraction of sp³-hybridized carbons (Fsp3) is 0.0556. The molecule has 0 fully saturated rings. The Hall–Kier alpha value is -3.33. The Morgan fingerprint density at radius 1 is 1.11 bits per heavy atom. The fourth-order valence-electron chi connectivity index (χ4n) is 2.43. The maximum absolute atomic E-state index is 13.2. The van der Waals surface area contributed by atoms with Gasteiger partial charge in [0.05, 0.1) is 11.4 Å². The third kappa shape index (κ3) is 3.93. The molecule has 1 amide bonds. The molecule has 0 atom stereocenters. The molecule has 4 rings (SSSR count). The van der Waals surface area contributed by atoms with Crippen LogP contribution in [0.2, 0.25) is 0 Å². The Morgan fingerprint density at radius 2 is 1.96 bits per heavy atom. The van der Waals surface area contributed by atoms with Gasteiger partial charge in [-0.05, 0) is 42.5 Å². The summed E-state index contributed by atoms with van der Waals surface area (Å²) in [5.41, 5.74) is 2.65. The maximum atomic E-state index is 13.2. The second-order valence-electron chi connectivity index (χ2n) is 5.55. The first kappa shape index (κ1) is 17.1. The molecule has 27 heavy (non-hydrogen) atoms. The summed E-state index contributed by atoms with van der Waals surface area (Å²) >= 11 is 1.20. The summed E-state index contributed by atoms with van der Waals surface area (Å²) in [6.07, 6.45) is 3.39. The van der Waals surface area contributed by atoms with E-state index in [2.05, 4.69) is 25.6 Å². The van der Waals surface area contributed by atoms with E-state index in [1.54, 1.807) is 23.0 Å². The molecule has 0 unspecified atom stereocenters. The van der Waals surface area contributed by atoms with Crippen LogP contribution in [0.25, 0.3) is 16.9 Å². The number of anilines is 1. The van der Waals surface area contributed by atoms with Gasteiger partial charge in [-0.2, -0.15) is 9.61 Å². The molecule has 3 aromatic heterocycles. The lowest BCUT2D eigenvalue weighted by Crippen LogP contribution is -2.14. The van der Waals surface area contributed by atoms with Crippen molar-refractivity contribution in [3.05, 3.63) is 66.7 Å². The van der Waals surface area contributed by atoms with Gasteiger partial charge in [0.25, 0.3) is 0 Å². The average Bonchev–Trinajstić information content (AvgIpc) is 3.09. The van der Waals surface area contributed by atoms with E-state index >= 15 is 0 Å². The molecule has 1 aromatic carbocycles. The van der Waals surface area contributed by atoms with Crippen molar-refractivity contribution >= 4 is 29.0 Å². The zero-order valence-electron chi connectivity index (χ0n) is 13.9. The number of aromatic nitrogens is 5. The van der Waals surface area contributed by atoms with Crippen molar-refractivity contribution in [3.8, 4) is 11.3 Å². The Labute approximate surface area is 157 Å². The van der Waals surface area contributed by atoms with Crippen LogP contribution in [0.1, 0.15) is 0 Å². The van der Waals surface area contributed by atoms with E-state index in [0.717, 1.165) is 11.3 Å². The highest BCUT2D eigenvalue weighted by Gasteiger charge is 2.12. The first-order valence-corrected chi connectivity index (χ1v) is 8.99. The van der Waals surface area contributed by atoms with Gasteiger partial charge in [-0.15, -0.1) is 10.2 Å². The molecule has 0 aliphatic heterocycles. The minimum Gasteiger partial charge on any atom is -0.325 e. The van der Waals surface area contributed by atoms with E-state index in [1.807, 2.05) is 24.3 Å². The van der Waals surface area contributed by atoms with Crippen LogP contribution in [0.4, 0.5) is 10.1 Å². The first-order valence-electron chi connectivity index (χ1n) is 8.00. The smallest absolute Gasteiger partial charge is 0.234 e. The number of thioether (sulfide) groups is 1. The summed E-state index contributed by atoms with van der Waals surface area (Å²) in [5, 5.41) is 15.8. The third-order valence-electron chi connectivity index (χ3n) is 3.65. The van der Waals surface area contributed by atoms with E-state index in [9.17, 15) is 9.18 Å². The average molecular weight is 380 g/mol. The van der Waals surface area contributed by atoms with Crippen molar-refractivity contribution in [1.29, 1.82) is 0 Å². The molecule has 0 saturated carbocycles. The van der Waals surface area contributed by atoms with Gasteiger partial charge in [0.1, 0.15) is 5.82 Å². The summed E-state index contributed by atoms with van der Waals surface area (Å²) in [5.74, 6) is -0.581. The van der Waals surface area contributed by atoms with Gasteiger partial charge in [0.2, 0.25) is 11.1 Å². The fourth-order valence-corrected chi connectivity index (χ4v) is 3.12. The molecular weight excluding hydrogens is 367 g/mol. The first-order chi connectivity index (χ1) is 13.2. The Morgan fingerprint density at radius 3 is 2.78 bits per heavy atom. The molecule has 4 aromatic rings. The summed E-state index contributed by atoms with van der Waals surface area (Å²) in [6.45, 7) is 0. The monoisotopic (exact) mass is 380 g/mol. The van der Waals surface area contributed by atoms with Crippen LogP contribution in [-0.2, 0) is 4.79 Å². The van der Waals surface area contributed by atoms with Crippen molar-refractivity contribution in [1.82, 2.24) is 24.8 Å². The Kier molecular flexibility index (Phi) is 4.75. The van der Waals surface area contributed by atoms with E-state index in [4.69, 9.17) is 0 Å². The topological polar surface area (TPSA) is 85.1 Å². The van der Waals surface area contributed by atoms with Gasteiger partial charge in [-0.25, -0.2) is 4.39 Å². The van der Waals surface area contributed by atoms with E-state index in [0.29, 0.717) is 16.5 Å². The molecule has 1 N–H and O–H groups in total. The van der Waals surface area contributed by atoms with Crippen LogP contribution in [0.15, 0.2) is 66.1 Å². The lowest BCUT2D eigenvalue weighted by Gasteiger charge is -2.05. The number of fused-ring (bicyclic) bond motifs is 1. The summed E-state index contributed by atoms with van der Waals surface area (Å²) in [6, 6.07) is 13.1. The minimum atomic E-state index is -0.406. The van der Waals surface area contributed by atoms with Crippen LogP contribution < -0.4 is 5.32 Å². The van der Waals surface area contributed by atoms with Crippen molar-refractivity contribution in [2.24, 2.45) is 0 Å². The molecule has 0 saturated heterocycles. The number of halogens is 1. The van der Waals surface area contributed by atoms with E-state index in [-0.39, 0.29) is 11.7 Å².